The van der Waals surface area contributed by atoms with Gasteiger partial charge in [0.05, 0.1) is 12.2 Å². The lowest BCUT2D eigenvalue weighted by Crippen LogP contribution is -2.34. The Hall–Kier alpha value is 0.660. The number of rotatable bonds is 2. The van der Waals surface area contributed by atoms with Gasteiger partial charge in [-0.1, -0.05) is 0 Å². The third-order valence-electron chi connectivity index (χ3n) is 2.81. The second-order valence-corrected chi connectivity index (χ2v) is 5.43. The minimum absolute atomic E-state index is 0.498. The summed E-state index contributed by atoms with van der Waals surface area (Å²) in [5.41, 5.74) is 0. The van der Waals surface area contributed by atoms with E-state index >= 15 is 0 Å². The third kappa shape index (κ3) is 2.12. The van der Waals surface area contributed by atoms with E-state index in [0.29, 0.717) is 22.7 Å². The second kappa shape index (κ2) is 3.81. The third-order valence-corrected chi connectivity index (χ3v) is 3.70. The van der Waals surface area contributed by atoms with Crippen LogP contribution in [0.4, 0.5) is 0 Å². The summed E-state index contributed by atoms with van der Waals surface area (Å²) < 4.78 is 5.89. The van der Waals surface area contributed by atoms with Crippen molar-refractivity contribution >= 4 is 25.3 Å². The van der Waals surface area contributed by atoms with Crippen molar-refractivity contribution in [2.24, 2.45) is 0 Å². The Kier molecular flexibility index (Phi) is 2.93. The van der Waals surface area contributed by atoms with E-state index in [1.807, 2.05) is 0 Å². The largest absolute Gasteiger partial charge is 0.375 e. The van der Waals surface area contributed by atoms with Gasteiger partial charge >= 0.3 is 0 Å². The Balaban J connectivity index is 1.67. The van der Waals surface area contributed by atoms with Crippen molar-refractivity contribution in [3.8, 4) is 0 Å². The smallest absolute Gasteiger partial charge is 0.0599 e. The van der Waals surface area contributed by atoms with Crippen LogP contribution < -0.4 is 0 Å². The lowest BCUT2D eigenvalue weighted by molar-refractivity contribution is -0.0439. The van der Waals surface area contributed by atoms with Gasteiger partial charge in [0, 0.05) is 10.5 Å². The summed E-state index contributed by atoms with van der Waals surface area (Å²) in [7, 11) is 0. The van der Waals surface area contributed by atoms with Gasteiger partial charge in [0.2, 0.25) is 0 Å². The van der Waals surface area contributed by atoms with Gasteiger partial charge < -0.3 is 4.74 Å². The van der Waals surface area contributed by atoms with Gasteiger partial charge in [-0.2, -0.15) is 25.3 Å². The monoisotopic (exact) mass is 204 g/mol. The molecule has 70 valence electrons. The number of hydrogen-bond donors (Lipinski definition) is 2. The Labute approximate surface area is 85.1 Å². The lowest BCUT2D eigenvalue weighted by Gasteiger charge is -2.33. The zero-order chi connectivity index (χ0) is 8.55. The highest BCUT2D eigenvalue weighted by atomic mass is 32.1. The zero-order valence-electron chi connectivity index (χ0n) is 7.15. The van der Waals surface area contributed by atoms with E-state index in [4.69, 9.17) is 4.74 Å². The second-order valence-electron chi connectivity index (χ2n) is 3.97. The molecule has 1 nitrogen and oxygen atoms in total. The first-order valence-electron chi connectivity index (χ1n) is 4.75. The Morgan fingerprint density at radius 1 is 0.833 bits per heavy atom. The molecule has 0 amide bonds. The first kappa shape index (κ1) is 9.22. The molecule has 0 heterocycles. The van der Waals surface area contributed by atoms with Crippen LogP contribution in [-0.2, 0) is 4.74 Å². The van der Waals surface area contributed by atoms with E-state index in [2.05, 4.69) is 25.3 Å². The van der Waals surface area contributed by atoms with E-state index in [-0.39, 0.29) is 0 Å². The summed E-state index contributed by atoms with van der Waals surface area (Å²) in [6.07, 6.45) is 6.89. The lowest BCUT2D eigenvalue weighted by atomic mass is 9.95. The molecule has 12 heavy (non-hydrogen) atoms. The Morgan fingerprint density at radius 3 is 2.00 bits per heavy atom. The molecule has 0 aliphatic heterocycles. The molecule has 0 radical (unpaired) electrons. The molecule has 0 N–H and O–H groups in total. The maximum atomic E-state index is 5.89. The molecule has 2 aliphatic rings. The molecular formula is C9H16OS2. The fourth-order valence-electron chi connectivity index (χ4n) is 1.96. The van der Waals surface area contributed by atoms with Crippen LogP contribution in [0.2, 0.25) is 0 Å². The summed E-state index contributed by atoms with van der Waals surface area (Å²) in [6, 6.07) is 0. The number of thiol groups is 2. The molecule has 0 saturated heterocycles. The van der Waals surface area contributed by atoms with Crippen molar-refractivity contribution < 1.29 is 4.74 Å². The predicted octanol–water partition coefficient (Wildman–Crippen LogP) is 2.31. The van der Waals surface area contributed by atoms with E-state index < -0.39 is 0 Å². The van der Waals surface area contributed by atoms with Gasteiger partial charge in [-0.25, -0.2) is 0 Å². The molecule has 2 saturated carbocycles. The number of ether oxygens (including phenoxy) is 1. The normalized spacial score (nSPS) is 47.5. The molecule has 3 heteroatoms. The van der Waals surface area contributed by atoms with E-state index in [1.165, 1.54) is 12.8 Å². The maximum absolute atomic E-state index is 5.89. The molecule has 2 fully saturated rings. The summed E-state index contributed by atoms with van der Waals surface area (Å²) >= 11 is 8.81. The van der Waals surface area contributed by atoms with Crippen LogP contribution in [-0.4, -0.2) is 22.7 Å². The fraction of sp³-hybridized carbons (Fsp3) is 1.00. The standard InChI is InChI=1S/C9H16OS2/c11-8-2-1-6(3-8)10-7-4-9(12)5-7/h6-9,11-12H,1-5H2/t6?,7?,8-,9?/m1/s1. The van der Waals surface area contributed by atoms with Crippen molar-refractivity contribution in [3.63, 3.8) is 0 Å². The van der Waals surface area contributed by atoms with Gasteiger partial charge in [0.25, 0.3) is 0 Å². The molecule has 0 spiro atoms. The molecule has 0 aromatic rings. The van der Waals surface area contributed by atoms with Crippen molar-refractivity contribution in [1.29, 1.82) is 0 Å². The highest BCUT2D eigenvalue weighted by molar-refractivity contribution is 7.81. The van der Waals surface area contributed by atoms with Crippen LogP contribution in [0.1, 0.15) is 32.1 Å². The Bertz CT molecular complexity index is 157. The zero-order valence-corrected chi connectivity index (χ0v) is 8.94. The minimum Gasteiger partial charge on any atom is -0.375 e. The summed E-state index contributed by atoms with van der Waals surface area (Å²) in [4.78, 5) is 0. The summed E-state index contributed by atoms with van der Waals surface area (Å²) in [6.45, 7) is 0. The minimum atomic E-state index is 0.498. The fourth-order valence-corrected chi connectivity index (χ4v) is 2.82. The first-order chi connectivity index (χ1) is 5.74. The van der Waals surface area contributed by atoms with Gasteiger partial charge in [-0.15, -0.1) is 0 Å². The SMILES string of the molecule is SC1CC(OC2CC[C@@H](S)C2)C1. The number of hydrogen-bond acceptors (Lipinski definition) is 3. The van der Waals surface area contributed by atoms with Crippen LogP contribution in [0, 0.1) is 0 Å². The van der Waals surface area contributed by atoms with Crippen LogP contribution in [0.25, 0.3) is 0 Å². The van der Waals surface area contributed by atoms with Crippen LogP contribution >= 0.6 is 25.3 Å². The van der Waals surface area contributed by atoms with Crippen molar-refractivity contribution in [2.45, 2.75) is 54.8 Å². The van der Waals surface area contributed by atoms with E-state index in [1.54, 1.807) is 0 Å². The molecule has 2 atom stereocenters. The van der Waals surface area contributed by atoms with Crippen molar-refractivity contribution in [1.82, 2.24) is 0 Å². The maximum Gasteiger partial charge on any atom is 0.0599 e. The molecule has 0 bridgehead atoms. The van der Waals surface area contributed by atoms with Crippen LogP contribution in [0.15, 0.2) is 0 Å². The highest BCUT2D eigenvalue weighted by Crippen LogP contribution is 2.33. The molecule has 2 aliphatic carbocycles. The average molecular weight is 204 g/mol. The van der Waals surface area contributed by atoms with Crippen LogP contribution in [0.3, 0.4) is 0 Å². The van der Waals surface area contributed by atoms with Gasteiger partial charge in [-0.3, -0.25) is 0 Å². The quantitative estimate of drug-likeness (QED) is 0.656. The molecule has 2 rings (SSSR count). The Morgan fingerprint density at radius 2 is 1.50 bits per heavy atom. The van der Waals surface area contributed by atoms with Crippen molar-refractivity contribution in [2.75, 3.05) is 0 Å². The molecule has 1 unspecified atom stereocenters. The highest BCUT2D eigenvalue weighted by Gasteiger charge is 2.31. The predicted molar refractivity (Wildman–Crippen MR) is 57.3 cm³/mol. The van der Waals surface area contributed by atoms with Crippen molar-refractivity contribution in [3.05, 3.63) is 0 Å². The van der Waals surface area contributed by atoms with Crippen LogP contribution in [0.5, 0.6) is 0 Å². The summed E-state index contributed by atoms with van der Waals surface area (Å²) in [5.74, 6) is 0. The molecule has 0 aromatic heterocycles. The van der Waals surface area contributed by atoms with E-state index in [9.17, 15) is 0 Å². The van der Waals surface area contributed by atoms with Gasteiger partial charge in [-0.05, 0) is 32.1 Å². The average Bonchev–Trinajstić information content (AvgIpc) is 2.33. The van der Waals surface area contributed by atoms with Gasteiger partial charge in [0.1, 0.15) is 0 Å². The van der Waals surface area contributed by atoms with E-state index in [0.717, 1.165) is 19.3 Å². The summed E-state index contributed by atoms with van der Waals surface area (Å²) in [5, 5.41) is 1.19. The first-order valence-corrected chi connectivity index (χ1v) is 5.79. The molecule has 0 aromatic carbocycles. The van der Waals surface area contributed by atoms with Gasteiger partial charge in [0.15, 0.2) is 0 Å². The molecular weight excluding hydrogens is 188 g/mol. The topological polar surface area (TPSA) is 9.23 Å².